The molecule has 0 spiro atoms. The van der Waals surface area contributed by atoms with Gasteiger partial charge in [0.25, 0.3) is 0 Å². The van der Waals surface area contributed by atoms with Crippen LogP contribution in [0.3, 0.4) is 0 Å². The third kappa shape index (κ3) is 4.82. The molecule has 1 aliphatic heterocycles. The first-order valence-electron chi connectivity index (χ1n) is 8.15. The van der Waals surface area contributed by atoms with E-state index < -0.39 is 0 Å². The number of halogens is 1. The van der Waals surface area contributed by atoms with Crippen LogP contribution in [0.1, 0.15) is 16.0 Å². The Morgan fingerprint density at radius 1 is 1.12 bits per heavy atom. The maximum Gasteiger partial charge on any atom is 0.317 e. The van der Waals surface area contributed by atoms with E-state index in [-0.39, 0.29) is 6.03 Å². The molecule has 0 saturated carbocycles. The van der Waals surface area contributed by atoms with Crippen molar-refractivity contribution >= 4 is 33.3 Å². The molecule has 0 aliphatic carbocycles. The van der Waals surface area contributed by atoms with Crippen molar-refractivity contribution < 1.29 is 4.79 Å². The van der Waals surface area contributed by atoms with Gasteiger partial charge in [-0.05, 0) is 40.5 Å². The van der Waals surface area contributed by atoms with E-state index in [1.165, 1.54) is 14.2 Å². The summed E-state index contributed by atoms with van der Waals surface area (Å²) in [6.45, 7) is 7.04. The molecule has 6 heteroatoms. The molecule has 1 saturated heterocycles. The van der Waals surface area contributed by atoms with Crippen LogP contribution in [0.4, 0.5) is 4.79 Å². The summed E-state index contributed by atoms with van der Waals surface area (Å²) in [4.78, 5) is 18.0. The highest BCUT2D eigenvalue weighted by Crippen LogP contribution is 2.23. The molecular formula is C18H22BrN3OS. The number of nitrogens with zero attached hydrogens (tertiary/aromatic N) is 2. The van der Waals surface area contributed by atoms with Crippen LogP contribution in [0.25, 0.3) is 0 Å². The zero-order chi connectivity index (χ0) is 16.9. The topological polar surface area (TPSA) is 35.6 Å². The number of benzene rings is 1. The van der Waals surface area contributed by atoms with Crippen LogP contribution in [0.5, 0.6) is 0 Å². The van der Waals surface area contributed by atoms with Crippen molar-refractivity contribution in [2.45, 2.75) is 20.0 Å². The van der Waals surface area contributed by atoms with Gasteiger partial charge in [0.15, 0.2) is 0 Å². The second-order valence-corrected chi connectivity index (χ2v) is 8.66. The number of amides is 2. The minimum Gasteiger partial charge on any atom is -0.334 e. The monoisotopic (exact) mass is 407 g/mol. The van der Waals surface area contributed by atoms with Crippen molar-refractivity contribution in [3.8, 4) is 0 Å². The molecular weight excluding hydrogens is 386 g/mol. The van der Waals surface area contributed by atoms with Crippen LogP contribution >= 0.6 is 27.3 Å². The third-order valence-electron chi connectivity index (χ3n) is 4.23. The molecule has 1 aromatic heterocycles. The molecule has 128 valence electrons. The first-order chi connectivity index (χ1) is 11.6. The molecule has 1 aromatic carbocycles. The van der Waals surface area contributed by atoms with Gasteiger partial charge in [0.05, 0.1) is 3.79 Å². The van der Waals surface area contributed by atoms with Gasteiger partial charge in [-0.25, -0.2) is 4.79 Å². The molecule has 2 heterocycles. The molecule has 2 amide bonds. The number of hydrogen-bond acceptors (Lipinski definition) is 3. The molecule has 4 nitrogen and oxygen atoms in total. The Balaban J connectivity index is 1.42. The van der Waals surface area contributed by atoms with Gasteiger partial charge in [0, 0.05) is 44.1 Å². The van der Waals surface area contributed by atoms with Crippen molar-refractivity contribution in [1.29, 1.82) is 0 Å². The lowest BCUT2D eigenvalue weighted by Gasteiger charge is -2.34. The highest BCUT2D eigenvalue weighted by molar-refractivity contribution is 9.11. The van der Waals surface area contributed by atoms with E-state index in [2.05, 4.69) is 69.5 Å². The Morgan fingerprint density at radius 3 is 2.46 bits per heavy atom. The summed E-state index contributed by atoms with van der Waals surface area (Å²) in [7, 11) is 0. The molecule has 1 N–H and O–H groups in total. The summed E-state index contributed by atoms with van der Waals surface area (Å²) >= 11 is 5.28. The van der Waals surface area contributed by atoms with Crippen LogP contribution in [-0.4, -0.2) is 42.0 Å². The van der Waals surface area contributed by atoms with E-state index in [0.29, 0.717) is 6.54 Å². The Morgan fingerprint density at radius 2 is 1.83 bits per heavy atom. The fourth-order valence-corrected chi connectivity index (χ4v) is 4.29. The third-order valence-corrected chi connectivity index (χ3v) is 5.84. The highest BCUT2D eigenvalue weighted by Gasteiger charge is 2.21. The Labute approximate surface area is 155 Å². The highest BCUT2D eigenvalue weighted by atomic mass is 79.9. The molecule has 1 aliphatic rings. The zero-order valence-electron chi connectivity index (χ0n) is 13.8. The van der Waals surface area contributed by atoms with E-state index in [4.69, 9.17) is 0 Å². The summed E-state index contributed by atoms with van der Waals surface area (Å²) in [5, 5.41) is 3.02. The quantitative estimate of drug-likeness (QED) is 0.835. The Hall–Kier alpha value is -1.37. The average molecular weight is 408 g/mol. The maximum absolute atomic E-state index is 12.3. The molecule has 0 bridgehead atoms. The van der Waals surface area contributed by atoms with Crippen molar-refractivity contribution in [2.24, 2.45) is 0 Å². The fraction of sp³-hybridized carbons (Fsp3) is 0.389. The fourth-order valence-electron chi connectivity index (χ4n) is 2.76. The summed E-state index contributed by atoms with van der Waals surface area (Å²) in [6, 6.07) is 12.6. The smallest absolute Gasteiger partial charge is 0.317 e. The average Bonchev–Trinajstić information content (AvgIpc) is 2.99. The predicted molar refractivity (Wildman–Crippen MR) is 102 cm³/mol. The van der Waals surface area contributed by atoms with E-state index in [0.717, 1.165) is 38.3 Å². The first-order valence-corrected chi connectivity index (χ1v) is 9.76. The first kappa shape index (κ1) is 17.5. The van der Waals surface area contributed by atoms with E-state index in [1.54, 1.807) is 11.3 Å². The summed E-state index contributed by atoms with van der Waals surface area (Å²) in [5.41, 5.74) is 2.37. The number of piperazine rings is 1. The molecule has 0 unspecified atom stereocenters. The zero-order valence-corrected chi connectivity index (χ0v) is 16.2. The van der Waals surface area contributed by atoms with Crippen LogP contribution in [0, 0.1) is 6.92 Å². The second kappa shape index (κ2) is 8.14. The SMILES string of the molecule is Cc1ccc(CNC(=O)N2CCN(Cc3ccc(Br)s3)CC2)cc1. The van der Waals surface area contributed by atoms with Crippen molar-refractivity contribution in [3.05, 3.63) is 56.2 Å². The van der Waals surface area contributed by atoms with Gasteiger partial charge in [-0.2, -0.15) is 0 Å². The van der Waals surface area contributed by atoms with Gasteiger partial charge in [-0.1, -0.05) is 29.8 Å². The summed E-state index contributed by atoms with van der Waals surface area (Å²) in [5.74, 6) is 0. The number of rotatable bonds is 4. The molecule has 3 rings (SSSR count). The lowest BCUT2D eigenvalue weighted by Crippen LogP contribution is -2.51. The van der Waals surface area contributed by atoms with Crippen LogP contribution < -0.4 is 5.32 Å². The molecule has 0 radical (unpaired) electrons. The van der Waals surface area contributed by atoms with Gasteiger partial charge in [0.1, 0.15) is 0 Å². The minimum atomic E-state index is 0.0362. The normalized spacial score (nSPS) is 15.5. The lowest BCUT2D eigenvalue weighted by atomic mass is 10.1. The van der Waals surface area contributed by atoms with Crippen LogP contribution in [0.15, 0.2) is 40.2 Å². The van der Waals surface area contributed by atoms with E-state index in [1.807, 2.05) is 4.90 Å². The number of hydrogen-bond donors (Lipinski definition) is 1. The Bertz CT molecular complexity index is 678. The number of aryl methyl sites for hydroxylation is 1. The number of carbonyl (C=O) groups is 1. The van der Waals surface area contributed by atoms with Crippen LogP contribution in [0.2, 0.25) is 0 Å². The number of nitrogens with one attached hydrogen (secondary N) is 1. The van der Waals surface area contributed by atoms with Crippen LogP contribution in [-0.2, 0) is 13.1 Å². The maximum atomic E-state index is 12.3. The van der Waals surface area contributed by atoms with E-state index >= 15 is 0 Å². The predicted octanol–water partition coefficient (Wildman–Crippen LogP) is 3.85. The van der Waals surface area contributed by atoms with Gasteiger partial charge in [-0.15, -0.1) is 11.3 Å². The largest absolute Gasteiger partial charge is 0.334 e. The van der Waals surface area contributed by atoms with Gasteiger partial charge in [-0.3, -0.25) is 4.90 Å². The standard InChI is InChI=1S/C18H22BrN3OS/c1-14-2-4-15(5-3-14)12-20-18(23)22-10-8-21(9-11-22)13-16-6-7-17(19)24-16/h2-7H,8-13H2,1H3,(H,20,23). The second-order valence-electron chi connectivity index (χ2n) is 6.11. The molecule has 2 aromatic rings. The molecule has 1 fully saturated rings. The summed E-state index contributed by atoms with van der Waals surface area (Å²) < 4.78 is 1.17. The van der Waals surface area contributed by atoms with Gasteiger partial charge in [0.2, 0.25) is 0 Å². The van der Waals surface area contributed by atoms with Crippen molar-refractivity contribution in [1.82, 2.24) is 15.1 Å². The van der Waals surface area contributed by atoms with Gasteiger partial charge >= 0.3 is 6.03 Å². The number of thiophene rings is 1. The molecule has 24 heavy (non-hydrogen) atoms. The number of urea groups is 1. The van der Waals surface area contributed by atoms with Gasteiger partial charge < -0.3 is 10.2 Å². The lowest BCUT2D eigenvalue weighted by molar-refractivity contribution is 0.135. The summed E-state index contributed by atoms with van der Waals surface area (Å²) in [6.07, 6.45) is 0. The molecule has 0 atom stereocenters. The minimum absolute atomic E-state index is 0.0362. The number of carbonyl (C=O) groups excluding carboxylic acids is 1. The Kier molecular flexibility index (Phi) is 5.92. The van der Waals surface area contributed by atoms with E-state index in [9.17, 15) is 4.79 Å². The van der Waals surface area contributed by atoms with Crippen molar-refractivity contribution in [2.75, 3.05) is 26.2 Å². The van der Waals surface area contributed by atoms with Crippen molar-refractivity contribution in [3.63, 3.8) is 0 Å².